The van der Waals surface area contributed by atoms with E-state index in [0.717, 1.165) is 74.8 Å². The highest BCUT2D eigenvalue weighted by Crippen LogP contribution is 2.57. The molecule has 0 saturated carbocycles. The highest BCUT2D eigenvalue weighted by Gasteiger charge is 2.55. The Hall–Kier alpha value is -3.95. The lowest BCUT2D eigenvalue weighted by Gasteiger charge is -2.62. The quantitative estimate of drug-likeness (QED) is 0.0804. The zero-order valence-electron chi connectivity index (χ0n) is 43.8. The summed E-state index contributed by atoms with van der Waals surface area (Å²) >= 11 is 18.1. The Balaban J connectivity index is 0.000000172. The second-order valence-corrected chi connectivity index (χ2v) is 29.1. The number of imidazole rings is 2. The van der Waals surface area contributed by atoms with Crippen molar-refractivity contribution >= 4 is 79.3 Å². The number of piperidine rings is 2. The zero-order valence-corrected chi connectivity index (χ0v) is 47.0. The molecular weight excluding hydrogens is 1070 g/mol. The van der Waals surface area contributed by atoms with Gasteiger partial charge in [0.2, 0.25) is 11.2 Å². The first-order valence-electron chi connectivity index (χ1n) is 25.4. The molecule has 6 aromatic rings. The van der Waals surface area contributed by atoms with E-state index in [1.165, 1.54) is 35.1 Å². The second kappa shape index (κ2) is 23.4. The van der Waals surface area contributed by atoms with E-state index in [1.807, 2.05) is 29.2 Å². The number of benzene rings is 4. The van der Waals surface area contributed by atoms with Crippen molar-refractivity contribution in [1.82, 2.24) is 34.6 Å². The fourth-order valence-corrected chi connectivity index (χ4v) is 12.5. The molecule has 411 valence electrons. The van der Waals surface area contributed by atoms with Gasteiger partial charge in [-0.1, -0.05) is 67.1 Å². The number of hydrogen-bond acceptors (Lipinski definition) is 7. The van der Waals surface area contributed by atoms with Crippen molar-refractivity contribution in [3.05, 3.63) is 122 Å². The third-order valence-corrected chi connectivity index (χ3v) is 17.8. The molecule has 4 aliphatic heterocycles. The molecule has 4 aromatic carbocycles. The van der Waals surface area contributed by atoms with E-state index in [0.29, 0.717) is 53.2 Å². The normalized spacial score (nSPS) is 19.8. The van der Waals surface area contributed by atoms with Gasteiger partial charge in [-0.3, -0.25) is 14.4 Å². The highest BCUT2D eigenvalue weighted by atomic mass is 35.5. The molecule has 0 aliphatic carbocycles. The van der Waals surface area contributed by atoms with Gasteiger partial charge in [0.1, 0.15) is 18.4 Å². The smallest absolute Gasteiger partial charge is 0.361 e. The SMILES string of the molecule is CC(C)N1CC2(CCN(c3nc4cc(F)c(C(F)(F)F)cc4[nH]3)CC2)C1c1ccc(Cl)cc1.CC(C)N1CC2(CCNCC2)C1c1ccc(Cl)cc1.C[Si](C)(C)CCOCn1c(Cl)nc2cc(F)c(C(F)(F)F)cc21.[B]. The number of rotatable bonds is 10. The Bertz CT molecular complexity index is 2920. The summed E-state index contributed by atoms with van der Waals surface area (Å²) < 4.78 is 112. The van der Waals surface area contributed by atoms with Gasteiger partial charge in [0.05, 0.1) is 33.2 Å². The average molecular weight is 1140 g/mol. The molecule has 10 rings (SSSR count). The lowest BCUT2D eigenvalue weighted by atomic mass is 9.62. The molecule has 4 fully saturated rings. The average Bonchev–Trinajstić information content (AvgIpc) is 3.88. The molecule has 2 N–H and O–H groups in total. The van der Waals surface area contributed by atoms with Crippen LogP contribution in [-0.2, 0) is 23.8 Å². The monoisotopic (exact) mass is 1140 g/mol. The predicted molar refractivity (Wildman–Crippen MR) is 291 cm³/mol. The summed E-state index contributed by atoms with van der Waals surface area (Å²) in [5, 5.41) is 5.01. The molecule has 6 heterocycles. The van der Waals surface area contributed by atoms with E-state index in [9.17, 15) is 35.1 Å². The summed E-state index contributed by atoms with van der Waals surface area (Å²) in [4.78, 5) is 18.4. The molecule has 2 unspecified atom stereocenters. The van der Waals surface area contributed by atoms with Gasteiger partial charge in [-0.2, -0.15) is 26.3 Å². The number of nitrogens with one attached hydrogen (secondary N) is 2. The number of nitrogens with zero attached hydrogens (tertiary/aromatic N) is 6. The maximum Gasteiger partial charge on any atom is 0.419 e. The van der Waals surface area contributed by atoms with Crippen LogP contribution in [0.5, 0.6) is 0 Å². The predicted octanol–water partition coefficient (Wildman–Crippen LogP) is 14.7. The van der Waals surface area contributed by atoms with E-state index in [2.05, 4.69) is 102 Å². The Morgan fingerprint density at radius 2 is 1.16 bits per heavy atom. The molecular formula is C54H65BCl3F8N8OSi. The van der Waals surface area contributed by atoms with Crippen LogP contribution in [0.1, 0.15) is 87.7 Å². The number of alkyl halides is 6. The minimum absolute atomic E-state index is 0. The molecule has 4 aliphatic rings. The van der Waals surface area contributed by atoms with E-state index in [1.54, 1.807) is 0 Å². The molecule has 76 heavy (non-hydrogen) atoms. The van der Waals surface area contributed by atoms with Crippen molar-refractivity contribution in [1.29, 1.82) is 0 Å². The Labute approximate surface area is 457 Å². The summed E-state index contributed by atoms with van der Waals surface area (Å²) in [6, 6.07) is 22.5. The van der Waals surface area contributed by atoms with Gasteiger partial charge < -0.3 is 19.9 Å². The molecule has 4 saturated heterocycles. The van der Waals surface area contributed by atoms with Crippen LogP contribution in [-0.4, -0.2) is 104 Å². The first-order valence-corrected chi connectivity index (χ1v) is 30.3. The number of aromatic amines is 1. The van der Waals surface area contributed by atoms with Crippen LogP contribution < -0.4 is 10.2 Å². The van der Waals surface area contributed by atoms with Gasteiger partial charge >= 0.3 is 12.4 Å². The Morgan fingerprint density at radius 1 is 0.684 bits per heavy atom. The molecule has 2 spiro atoms. The highest BCUT2D eigenvalue weighted by molar-refractivity contribution is 6.76. The third-order valence-electron chi connectivity index (χ3n) is 15.4. The van der Waals surface area contributed by atoms with E-state index >= 15 is 0 Å². The summed E-state index contributed by atoms with van der Waals surface area (Å²) in [6.45, 7) is 22.1. The molecule has 2 atom stereocenters. The van der Waals surface area contributed by atoms with Gasteiger partial charge in [-0.25, -0.2) is 18.7 Å². The van der Waals surface area contributed by atoms with Crippen molar-refractivity contribution in [3.8, 4) is 0 Å². The maximum absolute atomic E-state index is 14.0. The largest absolute Gasteiger partial charge is 0.419 e. The van der Waals surface area contributed by atoms with Gasteiger partial charge in [0.25, 0.3) is 0 Å². The van der Waals surface area contributed by atoms with Crippen LogP contribution in [0.4, 0.5) is 41.1 Å². The van der Waals surface area contributed by atoms with Gasteiger partial charge in [0.15, 0.2) is 0 Å². The number of halogens is 11. The van der Waals surface area contributed by atoms with Crippen molar-refractivity contribution in [2.75, 3.05) is 50.8 Å². The van der Waals surface area contributed by atoms with E-state index < -0.39 is 43.2 Å². The van der Waals surface area contributed by atoms with E-state index in [4.69, 9.17) is 39.5 Å². The molecule has 0 amide bonds. The molecule has 9 nitrogen and oxygen atoms in total. The van der Waals surface area contributed by atoms with Gasteiger partial charge in [-0.05, 0) is 132 Å². The van der Waals surface area contributed by atoms with Crippen LogP contribution in [0.3, 0.4) is 0 Å². The van der Waals surface area contributed by atoms with Crippen LogP contribution in [0.25, 0.3) is 22.1 Å². The number of aromatic nitrogens is 4. The number of fused-ring (bicyclic) bond motifs is 2. The van der Waals surface area contributed by atoms with Crippen LogP contribution in [0, 0.1) is 22.5 Å². The van der Waals surface area contributed by atoms with E-state index in [-0.39, 0.29) is 47.9 Å². The van der Waals surface area contributed by atoms with Gasteiger partial charge in [0, 0.05) is 106 Å². The minimum Gasteiger partial charge on any atom is -0.361 e. The van der Waals surface area contributed by atoms with Crippen LogP contribution in [0.15, 0.2) is 72.8 Å². The lowest BCUT2D eigenvalue weighted by Crippen LogP contribution is -2.63. The van der Waals surface area contributed by atoms with Gasteiger partial charge in [-0.15, -0.1) is 0 Å². The Morgan fingerprint density at radius 3 is 1.63 bits per heavy atom. The van der Waals surface area contributed by atoms with Crippen molar-refractivity contribution in [3.63, 3.8) is 0 Å². The topological polar surface area (TPSA) is 77.5 Å². The molecule has 2 aromatic heterocycles. The molecule has 22 heteroatoms. The summed E-state index contributed by atoms with van der Waals surface area (Å²) in [6.07, 6.45) is -5.07. The van der Waals surface area contributed by atoms with Crippen LogP contribution in [0.2, 0.25) is 41.0 Å². The van der Waals surface area contributed by atoms with Crippen molar-refractivity contribution < 1.29 is 39.9 Å². The number of hydrogen-bond donors (Lipinski definition) is 2. The maximum atomic E-state index is 14.0. The fraction of sp³-hybridized carbons (Fsp3) is 0.519. The standard InChI is InChI=1S/C24H25ClF4N4.C16H23ClN2.C14H17ClF4N2OSi.B/c1-14(2)33-13-23(21(33)15-3-5-16(25)6-4-15)7-9-32(10-8-23)22-30-19-11-17(24(27,28)29)18(26)12-20(19)31-22;1-12(2)19-11-16(7-9-18-10-8-16)15(19)13-3-5-14(17)6-4-13;1-23(2,3)5-4-22-8-21-12-6-9(14(17,18)19)10(16)7-11(12)20-13(21)15;/h3-6,11-12,14,21H,7-10,13H2,1-2H3,(H,30,31);3-6,12,15,18H,7-11H2,1-2H3;6-7H,4-5,8H2,1-3H3;. The molecule has 3 radical (unpaired) electrons. The number of anilines is 1. The molecule has 0 bridgehead atoms. The number of ether oxygens (including phenoxy) is 1. The first-order chi connectivity index (χ1) is 35.2. The first kappa shape index (κ1) is 59.7. The Kier molecular flexibility index (Phi) is 18.4. The van der Waals surface area contributed by atoms with Crippen LogP contribution >= 0.6 is 34.8 Å². The summed E-state index contributed by atoms with van der Waals surface area (Å²) in [5.74, 6) is -2.19. The van der Waals surface area contributed by atoms with Crippen molar-refractivity contribution in [2.45, 2.75) is 122 Å². The lowest BCUT2D eigenvalue weighted by molar-refractivity contribution is -0.140. The second-order valence-electron chi connectivity index (χ2n) is 22.3. The number of H-pyrrole nitrogens is 1. The fourth-order valence-electron chi connectivity index (χ4n) is 11.2. The zero-order chi connectivity index (χ0) is 54.4. The minimum atomic E-state index is -4.78. The van der Waals surface area contributed by atoms with Crippen molar-refractivity contribution in [2.24, 2.45) is 10.8 Å². The third kappa shape index (κ3) is 13.0. The summed E-state index contributed by atoms with van der Waals surface area (Å²) in [7, 11) is -1.27. The summed E-state index contributed by atoms with van der Waals surface area (Å²) in [5.41, 5.74) is 1.24. The number of likely N-dealkylation sites (tertiary alicyclic amines) is 2.